The van der Waals surface area contributed by atoms with Crippen molar-refractivity contribution in [2.75, 3.05) is 7.11 Å². The van der Waals surface area contributed by atoms with Crippen LogP contribution in [0.5, 0.6) is 11.5 Å². The lowest BCUT2D eigenvalue weighted by Crippen LogP contribution is -2.36. The molecule has 1 aromatic heterocycles. The number of benzene rings is 2. The molecule has 7 heteroatoms. The second kappa shape index (κ2) is 10.0. The normalized spacial score (nSPS) is 19.6. The van der Waals surface area contributed by atoms with Gasteiger partial charge in [0.25, 0.3) is 0 Å². The monoisotopic (exact) mass is 501 g/mol. The van der Waals surface area contributed by atoms with Crippen molar-refractivity contribution in [3.05, 3.63) is 105 Å². The van der Waals surface area contributed by atoms with Gasteiger partial charge >= 0.3 is 5.97 Å². The van der Waals surface area contributed by atoms with Crippen molar-refractivity contribution in [1.82, 2.24) is 5.32 Å². The summed E-state index contributed by atoms with van der Waals surface area (Å²) >= 11 is 1.65. The molecule has 36 heavy (non-hydrogen) atoms. The molecule has 6 nitrogen and oxygen atoms in total. The Morgan fingerprint density at radius 2 is 1.92 bits per heavy atom. The van der Waals surface area contributed by atoms with Crippen LogP contribution in [0.1, 0.15) is 47.6 Å². The largest absolute Gasteiger partial charge is 0.508 e. The molecule has 0 spiro atoms. The van der Waals surface area contributed by atoms with E-state index < -0.39 is 11.9 Å². The molecule has 0 bridgehead atoms. The fourth-order valence-corrected chi connectivity index (χ4v) is 5.85. The molecule has 1 aliphatic carbocycles. The fourth-order valence-electron chi connectivity index (χ4n) is 5.02. The Morgan fingerprint density at radius 3 is 2.61 bits per heavy atom. The number of esters is 1. The molecule has 2 aromatic carbocycles. The zero-order valence-electron chi connectivity index (χ0n) is 20.1. The van der Waals surface area contributed by atoms with E-state index in [4.69, 9.17) is 9.47 Å². The van der Waals surface area contributed by atoms with Gasteiger partial charge in [0, 0.05) is 40.1 Å². The summed E-state index contributed by atoms with van der Waals surface area (Å²) in [6, 6.07) is 18.1. The number of methoxy groups -OCH3 is 1. The summed E-state index contributed by atoms with van der Waals surface area (Å²) in [4.78, 5) is 28.2. The van der Waals surface area contributed by atoms with Crippen molar-refractivity contribution in [3.63, 3.8) is 0 Å². The summed E-state index contributed by atoms with van der Waals surface area (Å²) in [7, 11) is 1.60. The van der Waals surface area contributed by atoms with Gasteiger partial charge in [-0.15, -0.1) is 11.3 Å². The lowest BCUT2D eigenvalue weighted by Gasteiger charge is -2.36. The Morgan fingerprint density at radius 1 is 1.11 bits per heavy atom. The first-order valence-electron chi connectivity index (χ1n) is 11.8. The number of rotatable bonds is 6. The lowest BCUT2D eigenvalue weighted by molar-refractivity contribution is -0.140. The minimum Gasteiger partial charge on any atom is -0.508 e. The van der Waals surface area contributed by atoms with E-state index in [2.05, 4.69) is 11.4 Å². The molecule has 3 aromatic rings. The highest BCUT2D eigenvalue weighted by molar-refractivity contribution is 7.10. The first kappa shape index (κ1) is 23.9. The molecule has 2 N–H and O–H groups in total. The number of phenolic OH excluding ortho intramolecular Hbond substituents is 1. The van der Waals surface area contributed by atoms with Gasteiger partial charge in [-0.25, -0.2) is 4.79 Å². The quantitative estimate of drug-likeness (QED) is 0.430. The van der Waals surface area contributed by atoms with E-state index in [1.807, 2.05) is 48.7 Å². The number of carbonyl (C=O) groups is 2. The molecule has 2 heterocycles. The van der Waals surface area contributed by atoms with Gasteiger partial charge in [0.2, 0.25) is 0 Å². The number of phenols is 1. The third-order valence-corrected chi connectivity index (χ3v) is 7.76. The first-order chi connectivity index (χ1) is 17.4. The summed E-state index contributed by atoms with van der Waals surface area (Å²) in [5, 5.41) is 15.6. The first-order valence-corrected chi connectivity index (χ1v) is 12.7. The summed E-state index contributed by atoms with van der Waals surface area (Å²) < 4.78 is 10.9. The van der Waals surface area contributed by atoms with E-state index in [9.17, 15) is 14.7 Å². The van der Waals surface area contributed by atoms with E-state index in [0.29, 0.717) is 35.2 Å². The van der Waals surface area contributed by atoms with Crippen molar-refractivity contribution in [3.8, 4) is 11.5 Å². The Labute approximate surface area is 213 Å². The van der Waals surface area contributed by atoms with E-state index >= 15 is 0 Å². The average molecular weight is 502 g/mol. The van der Waals surface area contributed by atoms with Crippen LogP contribution < -0.4 is 10.1 Å². The van der Waals surface area contributed by atoms with Gasteiger partial charge in [-0.3, -0.25) is 4.79 Å². The molecule has 0 saturated carbocycles. The number of hydrogen-bond acceptors (Lipinski definition) is 7. The van der Waals surface area contributed by atoms with Gasteiger partial charge in [0.1, 0.15) is 18.1 Å². The zero-order valence-corrected chi connectivity index (χ0v) is 20.9. The number of aromatic hydroxyl groups is 1. The van der Waals surface area contributed by atoms with Crippen LogP contribution in [0.2, 0.25) is 0 Å². The number of allylic oxidation sites excluding steroid dienone is 3. The second-order valence-corrected chi connectivity index (χ2v) is 10.0. The predicted octanol–water partition coefficient (Wildman–Crippen LogP) is 5.57. The van der Waals surface area contributed by atoms with E-state index in [0.717, 1.165) is 17.0 Å². The molecule has 2 aliphatic rings. The molecule has 2 atom stereocenters. The molecule has 0 unspecified atom stereocenters. The second-order valence-electron chi connectivity index (χ2n) is 9.05. The highest BCUT2D eigenvalue weighted by atomic mass is 32.1. The summed E-state index contributed by atoms with van der Waals surface area (Å²) in [6.07, 6.45) is 1.06. The average Bonchev–Trinajstić information content (AvgIpc) is 3.42. The van der Waals surface area contributed by atoms with Crippen molar-refractivity contribution in [2.45, 2.75) is 38.2 Å². The summed E-state index contributed by atoms with van der Waals surface area (Å²) in [5.41, 5.74) is 3.96. The third-order valence-electron chi connectivity index (χ3n) is 6.73. The smallest absolute Gasteiger partial charge is 0.337 e. The minimum absolute atomic E-state index is 0.00319. The van der Waals surface area contributed by atoms with Crippen molar-refractivity contribution >= 4 is 23.1 Å². The van der Waals surface area contributed by atoms with Crippen LogP contribution in [0, 0.1) is 0 Å². The number of hydrogen-bond donors (Lipinski definition) is 2. The molecule has 0 fully saturated rings. The number of ketones is 1. The van der Waals surface area contributed by atoms with Gasteiger partial charge in [0.15, 0.2) is 5.78 Å². The van der Waals surface area contributed by atoms with Gasteiger partial charge in [-0.1, -0.05) is 30.3 Å². The minimum atomic E-state index is -0.617. The molecule has 0 amide bonds. The number of ether oxygens (including phenoxy) is 2. The highest BCUT2D eigenvalue weighted by Gasteiger charge is 2.41. The number of carbonyl (C=O) groups excluding carboxylic acids is 2. The maximum Gasteiger partial charge on any atom is 0.337 e. The number of thiophene rings is 1. The summed E-state index contributed by atoms with van der Waals surface area (Å²) in [6.45, 7) is 1.93. The predicted molar refractivity (Wildman–Crippen MR) is 138 cm³/mol. The van der Waals surface area contributed by atoms with Gasteiger partial charge < -0.3 is 19.9 Å². The van der Waals surface area contributed by atoms with Crippen molar-refractivity contribution in [2.24, 2.45) is 0 Å². The zero-order chi connectivity index (χ0) is 25.2. The number of dihydropyridines is 1. The third kappa shape index (κ3) is 4.66. The lowest BCUT2D eigenvalue weighted by atomic mass is 9.72. The van der Waals surface area contributed by atoms with Crippen LogP contribution in [0.15, 0.2) is 88.6 Å². The maximum atomic E-state index is 13.6. The topological polar surface area (TPSA) is 84.9 Å². The molecule has 1 aliphatic heterocycles. The van der Waals surface area contributed by atoms with Crippen LogP contribution in [0.3, 0.4) is 0 Å². The standard InChI is InChI=1S/C29H27NO5S/c1-17-26(29(33)35-16-18-8-10-22(34-2)11-9-18)27(19-5-3-6-21(31)13-19)28-23(30-17)14-20(15-24(28)32)25-7-4-12-36-25/h3-13,20,27,30-31H,14-16H2,1-2H3/t20-,27-/m1/s1. The Kier molecular flexibility index (Phi) is 6.65. The fraction of sp³-hybridized carbons (Fsp3) is 0.241. The van der Waals surface area contributed by atoms with Crippen LogP contribution in [0.4, 0.5) is 0 Å². The van der Waals surface area contributed by atoms with Crippen molar-refractivity contribution < 1.29 is 24.2 Å². The van der Waals surface area contributed by atoms with E-state index in [-0.39, 0.29) is 24.1 Å². The Hall–Kier alpha value is -3.84. The van der Waals surface area contributed by atoms with Gasteiger partial charge in [0.05, 0.1) is 12.7 Å². The number of nitrogens with one attached hydrogen (secondary N) is 1. The SMILES string of the molecule is COc1ccc(COC(=O)C2=C(C)NC3=C(C(=O)C[C@H](c4cccs4)C3)[C@@H]2c2cccc(O)c2)cc1. The maximum absolute atomic E-state index is 13.6. The highest BCUT2D eigenvalue weighted by Crippen LogP contribution is 2.46. The molecular formula is C29H27NO5S. The van der Waals surface area contributed by atoms with Crippen LogP contribution >= 0.6 is 11.3 Å². The summed E-state index contributed by atoms with van der Waals surface area (Å²) in [5.74, 6) is -0.206. The van der Waals surface area contributed by atoms with E-state index in [1.165, 1.54) is 4.88 Å². The van der Waals surface area contributed by atoms with Crippen LogP contribution in [0.25, 0.3) is 0 Å². The van der Waals surface area contributed by atoms with Crippen LogP contribution in [-0.2, 0) is 20.9 Å². The molecule has 5 rings (SSSR count). The van der Waals surface area contributed by atoms with Crippen molar-refractivity contribution in [1.29, 1.82) is 0 Å². The number of Topliss-reactive ketones (excluding diaryl/α,β-unsaturated/α-hetero) is 1. The molecule has 184 valence electrons. The molecule has 0 radical (unpaired) electrons. The van der Waals surface area contributed by atoms with Gasteiger partial charge in [-0.05, 0) is 60.2 Å². The Bertz CT molecular complexity index is 1350. The van der Waals surface area contributed by atoms with Crippen LogP contribution in [-0.4, -0.2) is 24.0 Å². The van der Waals surface area contributed by atoms with Gasteiger partial charge in [-0.2, -0.15) is 0 Å². The van der Waals surface area contributed by atoms with E-state index in [1.54, 1.807) is 36.6 Å². The molecule has 0 saturated heterocycles. The molecular weight excluding hydrogens is 474 g/mol. The Balaban J connectivity index is 1.48.